The zero-order valence-electron chi connectivity index (χ0n) is 8.87. The van der Waals surface area contributed by atoms with Crippen LogP contribution in [-0.4, -0.2) is 29.6 Å². The van der Waals surface area contributed by atoms with E-state index in [1.807, 2.05) is 0 Å². The van der Waals surface area contributed by atoms with Crippen LogP contribution in [0.15, 0.2) is 0 Å². The molecule has 2 fully saturated rings. The molecular weight excluding hydrogens is 160 g/mol. The number of rotatable bonds is 2. The van der Waals surface area contributed by atoms with Crippen LogP contribution in [0.4, 0.5) is 0 Å². The quantitative estimate of drug-likeness (QED) is 0.703. The molecule has 76 valence electrons. The highest BCUT2D eigenvalue weighted by Crippen LogP contribution is 2.34. The molecule has 2 aliphatic rings. The van der Waals surface area contributed by atoms with E-state index < -0.39 is 0 Å². The van der Waals surface area contributed by atoms with Crippen LogP contribution in [0.1, 0.15) is 39.5 Å². The summed E-state index contributed by atoms with van der Waals surface area (Å²) >= 11 is 0. The minimum Gasteiger partial charge on any atom is -0.326 e. The predicted octanol–water partition coefficient (Wildman–Crippen LogP) is 1.60. The van der Waals surface area contributed by atoms with E-state index in [-0.39, 0.29) is 0 Å². The minimum absolute atomic E-state index is 0.425. The van der Waals surface area contributed by atoms with Gasteiger partial charge in [0.15, 0.2) is 0 Å². The maximum atomic E-state index is 6.19. The van der Waals surface area contributed by atoms with Crippen LogP contribution in [0.3, 0.4) is 0 Å². The van der Waals surface area contributed by atoms with Crippen molar-refractivity contribution >= 4 is 0 Å². The molecule has 0 radical (unpaired) electrons. The van der Waals surface area contributed by atoms with Gasteiger partial charge in [0, 0.05) is 18.1 Å². The zero-order valence-corrected chi connectivity index (χ0v) is 8.87. The monoisotopic (exact) mass is 182 g/mol. The first-order valence-electron chi connectivity index (χ1n) is 5.71. The fourth-order valence-corrected chi connectivity index (χ4v) is 2.78. The Bertz CT molecular complexity index is 175. The van der Waals surface area contributed by atoms with Gasteiger partial charge < -0.3 is 5.73 Å². The van der Waals surface area contributed by atoms with Crippen LogP contribution >= 0.6 is 0 Å². The molecular formula is C11H22N2. The Labute approximate surface area is 81.5 Å². The van der Waals surface area contributed by atoms with Crippen LogP contribution in [0.25, 0.3) is 0 Å². The predicted molar refractivity (Wildman–Crippen MR) is 55.6 cm³/mol. The minimum atomic E-state index is 0.425. The number of piperidine rings is 1. The standard InChI is InChI=1S/C11H22N2/c1-8(2)11-10(12)4-3-7-13(11)9-5-6-9/h8-11H,3-7,12H2,1-2H3. The van der Waals surface area contributed by atoms with Crippen molar-refractivity contribution in [2.45, 2.75) is 57.7 Å². The van der Waals surface area contributed by atoms with Gasteiger partial charge in [0.05, 0.1) is 0 Å². The van der Waals surface area contributed by atoms with Crippen LogP contribution in [0.2, 0.25) is 0 Å². The number of hydrogen-bond donors (Lipinski definition) is 1. The lowest BCUT2D eigenvalue weighted by molar-refractivity contribution is 0.0856. The lowest BCUT2D eigenvalue weighted by Crippen LogP contribution is -2.55. The Morgan fingerprint density at radius 2 is 1.92 bits per heavy atom. The summed E-state index contributed by atoms with van der Waals surface area (Å²) in [4.78, 5) is 2.68. The highest BCUT2D eigenvalue weighted by atomic mass is 15.2. The third-order valence-corrected chi connectivity index (χ3v) is 3.47. The van der Waals surface area contributed by atoms with Crippen molar-refractivity contribution in [1.29, 1.82) is 0 Å². The number of nitrogens with two attached hydrogens (primary N) is 1. The first-order valence-corrected chi connectivity index (χ1v) is 5.71. The molecule has 2 rings (SSSR count). The van der Waals surface area contributed by atoms with Crippen molar-refractivity contribution in [3.63, 3.8) is 0 Å². The summed E-state index contributed by atoms with van der Waals surface area (Å²) in [6.07, 6.45) is 5.36. The van der Waals surface area contributed by atoms with Crippen molar-refractivity contribution in [3.8, 4) is 0 Å². The normalized spacial score (nSPS) is 36.9. The van der Waals surface area contributed by atoms with Gasteiger partial charge in [-0.2, -0.15) is 0 Å². The Balaban J connectivity index is 2.04. The fourth-order valence-electron chi connectivity index (χ4n) is 2.78. The van der Waals surface area contributed by atoms with Gasteiger partial charge in [-0.05, 0) is 38.1 Å². The van der Waals surface area contributed by atoms with Crippen molar-refractivity contribution < 1.29 is 0 Å². The molecule has 0 aromatic carbocycles. The second-order valence-electron chi connectivity index (χ2n) is 5.01. The van der Waals surface area contributed by atoms with Crippen molar-refractivity contribution in [3.05, 3.63) is 0 Å². The van der Waals surface area contributed by atoms with Crippen LogP contribution in [-0.2, 0) is 0 Å². The molecule has 1 saturated carbocycles. The smallest absolute Gasteiger partial charge is 0.0273 e. The lowest BCUT2D eigenvalue weighted by Gasteiger charge is -2.42. The molecule has 13 heavy (non-hydrogen) atoms. The third-order valence-electron chi connectivity index (χ3n) is 3.47. The zero-order chi connectivity index (χ0) is 9.42. The number of likely N-dealkylation sites (tertiary alicyclic amines) is 1. The fraction of sp³-hybridized carbons (Fsp3) is 1.00. The summed E-state index contributed by atoms with van der Waals surface area (Å²) in [5, 5.41) is 0. The van der Waals surface area contributed by atoms with Gasteiger partial charge in [0.1, 0.15) is 0 Å². The first kappa shape index (κ1) is 9.47. The van der Waals surface area contributed by atoms with Gasteiger partial charge in [-0.25, -0.2) is 0 Å². The molecule has 1 aliphatic heterocycles. The van der Waals surface area contributed by atoms with E-state index in [4.69, 9.17) is 5.73 Å². The number of hydrogen-bond acceptors (Lipinski definition) is 2. The van der Waals surface area contributed by atoms with Gasteiger partial charge in [0.25, 0.3) is 0 Å². The first-order chi connectivity index (χ1) is 6.20. The van der Waals surface area contributed by atoms with Crippen molar-refractivity contribution in [2.75, 3.05) is 6.54 Å². The molecule has 2 N–H and O–H groups in total. The maximum absolute atomic E-state index is 6.19. The summed E-state index contributed by atoms with van der Waals surface area (Å²) in [6, 6.07) is 1.97. The summed E-state index contributed by atoms with van der Waals surface area (Å²) in [7, 11) is 0. The topological polar surface area (TPSA) is 29.3 Å². The molecule has 2 unspecified atom stereocenters. The van der Waals surface area contributed by atoms with Gasteiger partial charge in [-0.3, -0.25) is 4.90 Å². The highest BCUT2D eigenvalue weighted by Gasteiger charge is 2.39. The molecule has 1 heterocycles. The van der Waals surface area contributed by atoms with Gasteiger partial charge in [-0.15, -0.1) is 0 Å². The molecule has 0 aromatic heterocycles. The molecule has 0 spiro atoms. The largest absolute Gasteiger partial charge is 0.326 e. The van der Waals surface area contributed by atoms with Gasteiger partial charge in [-0.1, -0.05) is 13.8 Å². The molecule has 0 bridgehead atoms. The SMILES string of the molecule is CC(C)C1C(N)CCCN1C1CC1. The van der Waals surface area contributed by atoms with E-state index in [1.165, 1.54) is 32.2 Å². The summed E-state index contributed by atoms with van der Waals surface area (Å²) < 4.78 is 0. The second kappa shape index (κ2) is 3.58. The Morgan fingerprint density at radius 3 is 2.46 bits per heavy atom. The van der Waals surface area contributed by atoms with E-state index in [9.17, 15) is 0 Å². The summed E-state index contributed by atoms with van der Waals surface area (Å²) in [5.74, 6) is 0.718. The molecule has 0 amide bonds. The molecule has 2 nitrogen and oxygen atoms in total. The maximum Gasteiger partial charge on any atom is 0.0273 e. The van der Waals surface area contributed by atoms with E-state index in [2.05, 4.69) is 18.7 Å². The lowest BCUT2D eigenvalue weighted by atomic mass is 9.88. The summed E-state index contributed by atoms with van der Waals surface area (Å²) in [6.45, 7) is 5.91. The van der Waals surface area contributed by atoms with Crippen LogP contribution in [0, 0.1) is 5.92 Å². The van der Waals surface area contributed by atoms with Gasteiger partial charge >= 0.3 is 0 Å². The highest BCUT2D eigenvalue weighted by molar-refractivity contribution is 4.96. The molecule has 0 aromatic rings. The van der Waals surface area contributed by atoms with Crippen molar-refractivity contribution in [2.24, 2.45) is 11.7 Å². The molecule has 1 aliphatic carbocycles. The van der Waals surface area contributed by atoms with Gasteiger partial charge in [0.2, 0.25) is 0 Å². The average molecular weight is 182 g/mol. The van der Waals surface area contributed by atoms with E-state index >= 15 is 0 Å². The summed E-state index contributed by atoms with van der Waals surface area (Å²) in [5.41, 5.74) is 6.19. The molecule has 2 heteroatoms. The number of nitrogens with zero attached hydrogens (tertiary/aromatic N) is 1. The molecule has 1 saturated heterocycles. The van der Waals surface area contributed by atoms with Crippen LogP contribution < -0.4 is 5.73 Å². The Hall–Kier alpha value is -0.0800. The Morgan fingerprint density at radius 1 is 1.23 bits per heavy atom. The van der Waals surface area contributed by atoms with E-state index in [0.29, 0.717) is 12.1 Å². The average Bonchev–Trinajstić information content (AvgIpc) is 2.85. The van der Waals surface area contributed by atoms with Crippen LogP contribution in [0.5, 0.6) is 0 Å². The molecule has 2 atom stereocenters. The third kappa shape index (κ3) is 1.89. The Kier molecular flexibility index (Phi) is 2.61. The van der Waals surface area contributed by atoms with E-state index in [1.54, 1.807) is 0 Å². The van der Waals surface area contributed by atoms with Crippen molar-refractivity contribution in [1.82, 2.24) is 4.90 Å². The van der Waals surface area contributed by atoms with E-state index in [0.717, 1.165) is 12.0 Å². The second-order valence-corrected chi connectivity index (χ2v) is 5.01.